The SMILES string of the molecule is N#CC(C#N)C1CCCCN1. The van der Waals surface area contributed by atoms with Crippen molar-refractivity contribution in [2.24, 2.45) is 5.92 Å². The third-order valence-corrected chi connectivity index (χ3v) is 2.03. The molecule has 0 aromatic carbocycles. The Labute approximate surface area is 66.6 Å². The Morgan fingerprint density at radius 3 is 2.45 bits per heavy atom. The van der Waals surface area contributed by atoms with Crippen LogP contribution in [-0.4, -0.2) is 12.6 Å². The Bertz CT molecular complexity index is 178. The lowest BCUT2D eigenvalue weighted by atomic mass is 9.94. The van der Waals surface area contributed by atoms with E-state index in [-0.39, 0.29) is 6.04 Å². The molecular formula is C8H11N3. The molecule has 0 radical (unpaired) electrons. The molecule has 0 spiro atoms. The maximum Gasteiger partial charge on any atom is 0.148 e. The standard InChI is InChI=1S/C8H11N3/c9-5-7(6-10)8-3-1-2-4-11-8/h7-8,11H,1-4H2. The Morgan fingerprint density at radius 1 is 1.27 bits per heavy atom. The van der Waals surface area contributed by atoms with Gasteiger partial charge in [0.2, 0.25) is 0 Å². The third-order valence-electron chi connectivity index (χ3n) is 2.03. The van der Waals surface area contributed by atoms with Crippen LogP contribution >= 0.6 is 0 Å². The summed E-state index contributed by atoms with van der Waals surface area (Å²) < 4.78 is 0. The van der Waals surface area contributed by atoms with Gasteiger partial charge in [0.25, 0.3) is 0 Å². The summed E-state index contributed by atoms with van der Waals surface area (Å²) in [5.74, 6) is -0.463. The molecule has 0 aromatic heterocycles. The Kier molecular flexibility index (Phi) is 2.89. The average Bonchev–Trinajstić information content (AvgIpc) is 2.09. The molecule has 0 amide bonds. The summed E-state index contributed by atoms with van der Waals surface area (Å²) in [7, 11) is 0. The molecule has 0 aromatic rings. The summed E-state index contributed by atoms with van der Waals surface area (Å²) in [5.41, 5.74) is 0. The normalized spacial score (nSPS) is 24.1. The number of hydrogen-bond donors (Lipinski definition) is 1. The smallest absolute Gasteiger partial charge is 0.148 e. The molecule has 1 heterocycles. The van der Waals surface area contributed by atoms with Crippen LogP contribution < -0.4 is 5.32 Å². The minimum Gasteiger partial charge on any atom is -0.312 e. The van der Waals surface area contributed by atoms with Crippen LogP contribution in [0.5, 0.6) is 0 Å². The van der Waals surface area contributed by atoms with E-state index in [4.69, 9.17) is 10.5 Å². The molecule has 1 saturated heterocycles. The fourth-order valence-electron chi connectivity index (χ4n) is 1.37. The van der Waals surface area contributed by atoms with E-state index in [9.17, 15) is 0 Å². The van der Waals surface area contributed by atoms with Crippen LogP contribution in [-0.2, 0) is 0 Å². The van der Waals surface area contributed by atoms with Gasteiger partial charge >= 0.3 is 0 Å². The van der Waals surface area contributed by atoms with Gasteiger partial charge in [0.15, 0.2) is 0 Å². The van der Waals surface area contributed by atoms with Gasteiger partial charge in [0, 0.05) is 6.04 Å². The van der Waals surface area contributed by atoms with Crippen molar-refractivity contribution in [2.75, 3.05) is 6.54 Å². The fourth-order valence-corrected chi connectivity index (χ4v) is 1.37. The minimum absolute atomic E-state index is 0.110. The average molecular weight is 149 g/mol. The van der Waals surface area contributed by atoms with Gasteiger partial charge in [-0.15, -0.1) is 0 Å². The molecule has 11 heavy (non-hydrogen) atoms. The number of nitrogens with one attached hydrogen (secondary N) is 1. The highest BCUT2D eigenvalue weighted by molar-refractivity contribution is 5.05. The van der Waals surface area contributed by atoms with Gasteiger partial charge in [-0.05, 0) is 19.4 Å². The number of piperidine rings is 1. The van der Waals surface area contributed by atoms with Crippen LogP contribution in [0.3, 0.4) is 0 Å². The van der Waals surface area contributed by atoms with Crippen LogP contribution in [0.25, 0.3) is 0 Å². The summed E-state index contributed by atoms with van der Waals surface area (Å²) in [4.78, 5) is 0. The first kappa shape index (κ1) is 8.04. The van der Waals surface area contributed by atoms with Gasteiger partial charge in [-0.1, -0.05) is 6.42 Å². The highest BCUT2D eigenvalue weighted by Crippen LogP contribution is 2.13. The zero-order valence-electron chi connectivity index (χ0n) is 6.38. The molecule has 3 nitrogen and oxygen atoms in total. The summed E-state index contributed by atoms with van der Waals surface area (Å²) in [6.45, 7) is 0.949. The van der Waals surface area contributed by atoms with Gasteiger partial charge in [0.05, 0.1) is 12.1 Å². The van der Waals surface area contributed by atoms with Crippen LogP contribution in [0, 0.1) is 28.6 Å². The lowest BCUT2D eigenvalue weighted by molar-refractivity contribution is 0.371. The van der Waals surface area contributed by atoms with Crippen LogP contribution in [0.1, 0.15) is 19.3 Å². The zero-order chi connectivity index (χ0) is 8.10. The third kappa shape index (κ3) is 1.93. The van der Waals surface area contributed by atoms with Gasteiger partial charge in [-0.3, -0.25) is 0 Å². The topological polar surface area (TPSA) is 59.6 Å². The number of rotatable bonds is 1. The number of nitriles is 2. The highest BCUT2D eigenvalue weighted by Gasteiger charge is 2.21. The Morgan fingerprint density at radius 2 is 2.00 bits per heavy atom. The summed E-state index contributed by atoms with van der Waals surface area (Å²) in [6, 6.07) is 4.11. The molecule has 1 aliphatic heterocycles. The molecule has 1 aliphatic rings. The van der Waals surface area contributed by atoms with E-state index in [1.54, 1.807) is 0 Å². The van der Waals surface area contributed by atoms with Crippen LogP contribution in [0.15, 0.2) is 0 Å². The maximum atomic E-state index is 8.57. The van der Waals surface area contributed by atoms with Gasteiger partial charge in [-0.25, -0.2) is 0 Å². The van der Waals surface area contributed by atoms with E-state index in [1.165, 1.54) is 6.42 Å². The molecule has 0 saturated carbocycles. The molecule has 1 fully saturated rings. The first-order chi connectivity index (χ1) is 5.38. The van der Waals surface area contributed by atoms with Crippen LogP contribution in [0.2, 0.25) is 0 Å². The number of nitrogens with zero attached hydrogens (tertiary/aromatic N) is 2. The monoisotopic (exact) mass is 149 g/mol. The van der Waals surface area contributed by atoms with Crippen molar-refractivity contribution in [3.05, 3.63) is 0 Å². The second-order valence-electron chi connectivity index (χ2n) is 2.79. The molecule has 1 atom stereocenters. The first-order valence-corrected chi connectivity index (χ1v) is 3.91. The van der Waals surface area contributed by atoms with Crippen molar-refractivity contribution in [3.63, 3.8) is 0 Å². The quantitative estimate of drug-likeness (QED) is 0.599. The van der Waals surface area contributed by atoms with Crippen molar-refractivity contribution in [1.29, 1.82) is 10.5 Å². The van der Waals surface area contributed by atoms with E-state index >= 15 is 0 Å². The van der Waals surface area contributed by atoms with Crippen molar-refractivity contribution >= 4 is 0 Å². The van der Waals surface area contributed by atoms with Gasteiger partial charge in [-0.2, -0.15) is 10.5 Å². The lowest BCUT2D eigenvalue weighted by Gasteiger charge is -2.23. The zero-order valence-corrected chi connectivity index (χ0v) is 6.38. The molecule has 3 heteroatoms. The van der Waals surface area contributed by atoms with Crippen molar-refractivity contribution in [3.8, 4) is 12.1 Å². The maximum absolute atomic E-state index is 8.57. The predicted octanol–water partition coefficient (Wildman–Crippen LogP) is 0.792. The Balaban J connectivity index is 2.46. The molecule has 0 bridgehead atoms. The molecule has 1 unspecified atom stereocenters. The molecule has 1 N–H and O–H groups in total. The van der Waals surface area contributed by atoms with Gasteiger partial charge in [0.1, 0.15) is 5.92 Å². The minimum atomic E-state index is -0.463. The molecule has 1 rings (SSSR count). The second kappa shape index (κ2) is 3.95. The molecule has 58 valence electrons. The largest absolute Gasteiger partial charge is 0.312 e. The predicted molar refractivity (Wildman–Crippen MR) is 40.4 cm³/mol. The lowest BCUT2D eigenvalue weighted by Crippen LogP contribution is -2.38. The van der Waals surface area contributed by atoms with Crippen molar-refractivity contribution in [2.45, 2.75) is 25.3 Å². The van der Waals surface area contributed by atoms with E-state index in [0.717, 1.165) is 19.4 Å². The van der Waals surface area contributed by atoms with Gasteiger partial charge < -0.3 is 5.32 Å². The first-order valence-electron chi connectivity index (χ1n) is 3.91. The summed E-state index contributed by atoms with van der Waals surface area (Å²) in [6.07, 6.45) is 3.27. The number of hydrogen-bond acceptors (Lipinski definition) is 3. The molecule has 0 aliphatic carbocycles. The van der Waals surface area contributed by atoms with E-state index in [1.807, 2.05) is 12.1 Å². The summed E-state index contributed by atoms with van der Waals surface area (Å²) in [5, 5.41) is 20.3. The Hall–Kier alpha value is -1.06. The van der Waals surface area contributed by atoms with Crippen molar-refractivity contribution in [1.82, 2.24) is 5.32 Å². The molecular weight excluding hydrogens is 138 g/mol. The van der Waals surface area contributed by atoms with E-state index in [0.29, 0.717) is 0 Å². The van der Waals surface area contributed by atoms with E-state index < -0.39 is 5.92 Å². The highest BCUT2D eigenvalue weighted by atomic mass is 14.9. The fraction of sp³-hybridized carbons (Fsp3) is 0.750. The van der Waals surface area contributed by atoms with Crippen molar-refractivity contribution < 1.29 is 0 Å². The van der Waals surface area contributed by atoms with E-state index in [2.05, 4.69) is 5.32 Å². The second-order valence-corrected chi connectivity index (χ2v) is 2.79. The summed E-state index contributed by atoms with van der Waals surface area (Å²) >= 11 is 0. The van der Waals surface area contributed by atoms with Crippen LogP contribution in [0.4, 0.5) is 0 Å².